The Bertz CT molecular complexity index is 388. The Labute approximate surface area is 111 Å². The summed E-state index contributed by atoms with van der Waals surface area (Å²) < 4.78 is 5.38. The maximum atomic E-state index is 11.8. The van der Waals surface area contributed by atoms with E-state index in [1.54, 1.807) is 11.3 Å². The Balaban J connectivity index is 1.69. The number of aryl methyl sites for hydroxylation is 1. The van der Waals surface area contributed by atoms with Gasteiger partial charge < -0.3 is 15.4 Å². The fourth-order valence-electron chi connectivity index (χ4n) is 1.79. The van der Waals surface area contributed by atoms with E-state index >= 15 is 0 Å². The number of hydrogen-bond donors (Lipinski definition) is 2. The first-order valence-electron chi connectivity index (χ1n) is 6.33. The molecule has 1 aliphatic rings. The summed E-state index contributed by atoms with van der Waals surface area (Å²) in [6.07, 6.45) is 1.40. The van der Waals surface area contributed by atoms with Crippen molar-refractivity contribution in [3.8, 4) is 0 Å². The number of nitrogens with zero attached hydrogens (tertiary/aromatic N) is 1. The molecular weight excluding hydrogens is 250 g/mol. The molecule has 0 aliphatic carbocycles. The Morgan fingerprint density at radius 1 is 1.72 bits per heavy atom. The standard InChI is InChI=1S/C12H19N3O2S/c1-2-11-15-9(8-18-11)3-4-14-12(16)10-7-13-5-6-17-10/h8,10,13H,2-7H2,1H3,(H,14,16). The largest absolute Gasteiger partial charge is 0.366 e. The van der Waals surface area contributed by atoms with E-state index in [0.717, 1.165) is 30.1 Å². The van der Waals surface area contributed by atoms with Crippen molar-refractivity contribution in [2.45, 2.75) is 25.9 Å². The molecule has 1 aliphatic heterocycles. The molecule has 0 aromatic carbocycles. The zero-order valence-electron chi connectivity index (χ0n) is 10.6. The third kappa shape index (κ3) is 3.76. The highest BCUT2D eigenvalue weighted by Crippen LogP contribution is 2.10. The quantitative estimate of drug-likeness (QED) is 0.810. The molecule has 1 fully saturated rings. The van der Waals surface area contributed by atoms with Gasteiger partial charge in [-0.3, -0.25) is 4.79 Å². The first kappa shape index (κ1) is 13.5. The molecule has 1 aromatic heterocycles. The van der Waals surface area contributed by atoms with Crippen LogP contribution < -0.4 is 10.6 Å². The molecule has 2 rings (SSSR count). The third-order valence-electron chi connectivity index (χ3n) is 2.80. The lowest BCUT2D eigenvalue weighted by Gasteiger charge is -2.22. The maximum absolute atomic E-state index is 11.8. The zero-order chi connectivity index (χ0) is 12.8. The van der Waals surface area contributed by atoms with Crippen LogP contribution in [0.1, 0.15) is 17.6 Å². The number of carbonyl (C=O) groups excluding carboxylic acids is 1. The zero-order valence-corrected chi connectivity index (χ0v) is 11.4. The summed E-state index contributed by atoms with van der Waals surface area (Å²) in [5, 5.41) is 9.24. The number of ether oxygens (including phenoxy) is 1. The predicted molar refractivity (Wildman–Crippen MR) is 70.8 cm³/mol. The fraction of sp³-hybridized carbons (Fsp3) is 0.667. The van der Waals surface area contributed by atoms with E-state index in [-0.39, 0.29) is 12.0 Å². The Morgan fingerprint density at radius 2 is 2.61 bits per heavy atom. The van der Waals surface area contributed by atoms with Crippen molar-refractivity contribution in [3.63, 3.8) is 0 Å². The molecule has 0 bridgehead atoms. The lowest BCUT2D eigenvalue weighted by atomic mass is 10.2. The Morgan fingerprint density at radius 3 is 3.28 bits per heavy atom. The molecule has 18 heavy (non-hydrogen) atoms. The van der Waals surface area contributed by atoms with Crippen LogP contribution in [0.3, 0.4) is 0 Å². The second-order valence-electron chi connectivity index (χ2n) is 4.19. The molecule has 1 atom stereocenters. The van der Waals surface area contributed by atoms with Gasteiger partial charge in [-0.1, -0.05) is 6.92 Å². The highest BCUT2D eigenvalue weighted by Gasteiger charge is 2.20. The van der Waals surface area contributed by atoms with Gasteiger partial charge in [-0.25, -0.2) is 4.98 Å². The summed E-state index contributed by atoms with van der Waals surface area (Å²) in [5.74, 6) is -0.0341. The topological polar surface area (TPSA) is 63.2 Å². The van der Waals surface area contributed by atoms with Crippen molar-refractivity contribution in [2.75, 3.05) is 26.2 Å². The van der Waals surface area contributed by atoms with Crippen LogP contribution in [0.15, 0.2) is 5.38 Å². The predicted octanol–water partition coefficient (Wildman–Crippen LogP) is 0.353. The first-order valence-corrected chi connectivity index (χ1v) is 7.21. The highest BCUT2D eigenvalue weighted by atomic mass is 32.1. The number of rotatable bonds is 5. The number of carbonyl (C=O) groups is 1. The molecule has 0 radical (unpaired) electrons. The number of aromatic nitrogens is 1. The molecular formula is C12H19N3O2S. The molecule has 1 saturated heterocycles. The van der Waals surface area contributed by atoms with Crippen LogP contribution in [0.2, 0.25) is 0 Å². The fourth-order valence-corrected chi connectivity index (χ4v) is 2.57. The minimum Gasteiger partial charge on any atom is -0.366 e. The van der Waals surface area contributed by atoms with E-state index in [1.165, 1.54) is 0 Å². The van der Waals surface area contributed by atoms with Crippen LogP contribution in [0.4, 0.5) is 0 Å². The second-order valence-corrected chi connectivity index (χ2v) is 5.13. The van der Waals surface area contributed by atoms with E-state index in [2.05, 4.69) is 27.9 Å². The minimum absolute atomic E-state index is 0.0341. The highest BCUT2D eigenvalue weighted by molar-refractivity contribution is 7.09. The summed E-state index contributed by atoms with van der Waals surface area (Å²) in [4.78, 5) is 16.2. The van der Waals surface area contributed by atoms with Gasteiger partial charge in [0.15, 0.2) is 0 Å². The normalized spacial score (nSPS) is 19.7. The van der Waals surface area contributed by atoms with Crippen molar-refractivity contribution in [1.82, 2.24) is 15.6 Å². The molecule has 1 aromatic rings. The Kier molecular flexibility index (Phi) is 5.10. The summed E-state index contributed by atoms with van der Waals surface area (Å²) in [5.41, 5.74) is 1.06. The van der Waals surface area contributed by atoms with Gasteiger partial charge in [0.25, 0.3) is 0 Å². The van der Waals surface area contributed by atoms with Crippen molar-refractivity contribution >= 4 is 17.2 Å². The summed E-state index contributed by atoms with van der Waals surface area (Å²) in [7, 11) is 0. The number of thiazole rings is 1. The van der Waals surface area contributed by atoms with E-state index < -0.39 is 0 Å². The van der Waals surface area contributed by atoms with Crippen molar-refractivity contribution in [1.29, 1.82) is 0 Å². The molecule has 100 valence electrons. The second kappa shape index (κ2) is 6.82. The number of nitrogens with one attached hydrogen (secondary N) is 2. The number of amides is 1. The Hall–Kier alpha value is -0.980. The summed E-state index contributed by atoms with van der Waals surface area (Å²) >= 11 is 1.68. The van der Waals surface area contributed by atoms with E-state index in [0.29, 0.717) is 19.7 Å². The molecule has 6 heteroatoms. The van der Waals surface area contributed by atoms with Gasteiger partial charge in [-0.05, 0) is 6.42 Å². The van der Waals surface area contributed by atoms with Crippen LogP contribution in [0, 0.1) is 0 Å². The van der Waals surface area contributed by atoms with Gasteiger partial charge in [0.2, 0.25) is 5.91 Å². The molecule has 5 nitrogen and oxygen atoms in total. The minimum atomic E-state index is -0.347. The lowest BCUT2D eigenvalue weighted by Crippen LogP contribution is -2.48. The van der Waals surface area contributed by atoms with Gasteiger partial charge in [0.05, 0.1) is 17.3 Å². The maximum Gasteiger partial charge on any atom is 0.250 e. The number of hydrogen-bond acceptors (Lipinski definition) is 5. The molecule has 0 spiro atoms. The summed E-state index contributed by atoms with van der Waals surface area (Å²) in [6.45, 7) is 4.73. The van der Waals surface area contributed by atoms with Crippen LogP contribution >= 0.6 is 11.3 Å². The van der Waals surface area contributed by atoms with Gasteiger partial charge in [0, 0.05) is 31.4 Å². The average molecular weight is 269 g/mol. The van der Waals surface area contributed by atoms with Crippen molar-refractivity contribution in [3.05, 3.63) is 16.1 Å². The van der Waals surface area contributed by atoms with Gasteiger partial charge in [-0.15, -0.1) is 11.3 Å². The van der Waals surface area contributed by atoms with Gasteiger partial charge in [-0.2, -0.15) is 0 Å². The smallest absolute Gasteiger partial charge is 0.250 e. The van der Waals surface area contributed by atoms with E-state index in [4.69, 9.17) is 4.74 Å². The van der Waals surface area contributed by atoms with Gasteiger partial charge in [0.1, 0.15) is 6.10 Å². The van der Waals surface area contributed by atoms with E-state index in [9.17, 15) is 4.79 Å². The number of morpholine rings is 1. The van der Waals surface area contributed by atoms with Crippen LogP contribution in [0.5, 0.6) is 0 Å². The van der Waals surface area contributed by atoms with Crippen molar-refractivity contribution in [2.24, 2.45) is 0 Å². The molecule has 1 amide bonds. The monoisotopic (exact) mass is 269 g/mol. The molecule has 0 saturated carbocycles. The van der Waals surface area contributed by atoms with Crippen LogP contribution in [-0.2, 0) is 22.4 Å². The molecule has 1 unspecified atom stereocenters. The first-order chi connectivity index (χ1) is 8.79. The molecule has 2 heterocycles. The third-order valence-corrected chi connectivity index (χ3v) is 3.84. The van der Waals surface area contributed by atoms with Crippen LogP contribution in [0.25, 0.3) is 0 Å². The SMILES string of the molecule is CCc1nc(CCNC(=O)C2CNCCO2)cs1. The molecule has 2 N–H and O–H groups in total. The van der Waals surface area contributed by atoms with Crippen LogP contribution in [-0.4, -0.2) is 43.2 Å². The summed E-state index contributed by atoms with van der Waals surface area (Å²) in [6, 6.07) is 0. The van der Waals surface area contributed by atoms with Gasteiger partial charge >= 0.3 is 0 Å². The lowest BCUT2D eigenvalue weighted by molar-refractivity contribution is -0.134. The van der Waals surface area contributed by atoms with E-state index in [1.807, 2.05) is 0 Å². The van der Waals surface area contributed by atoms with Crippen molar-refractivity contribution < 1.29 is 9.53 Å². The average Bonchev–Trinajstić information content (AvgIpc) is 2.87.